The van der Waals surface area contributed by atoms with Crippen molar-refractivity contribution in [1.82, 2.24) is 0 Å². The number of halogens is 2. The molecule has 0 bridgehead atoms. The molecule has 42 valence electrons. The molecule has 0 aliphatic heterocycles. The van der Waals surface area contributed by atoms with E-state index >= 15 is 0 Å². The zero-order chi connectivity index (χ0) is 5.70. The predicted octanol–water partition coefficient (Wildman–Crippen LogP) is 3.07. The van der Waals surface area contributed by atoms with Crippen LogP contribution in [0, 0.1) is 0 Å². The Bertz CT molecular complexity index is 57.1. The number of rotatable bonds is 2. The van der Waals surface area contributed by atoms with Crippen LogP contribution < -0.4 is 0 Å². The van der Waals surface area contributed by atoms with Gasteiger partial charge in [-0.25, -0.2) is 0 Å². The highest BCUT2D eigenvalue weighted by Gasteiger charge is 1.88. The van der Waals surface area contributed by atoms with Crippen LogP contribution in [-0.4, -0.2) is 3.74 Å². The fourth-order valence-corrected chi connectivity index (χ4v) is 0.671. The highest BCUT2D eigenvalue weighted by Crippen LogP contribution is 2.12. The maximum absolute atomic E-state index is 3.34. The largest absolute Gasteiger partial charge is 0.0916 e. The van der Waals surface area contributed by atoms with Gasteiger partial charge >= 0.3 is 0 Å². The van der Waals surface area contributed by atoms with Crippen LogP contribution in [-0.2, 0) is 0 Å². The van der Waals surface area contributed by atoms with Gasteiger partial charge in [-0.15, -0.1) is 0 Å². The molecule has 0 aliphatic carbocycles. The van der Waals surface area contributed by atoms with Crippen LogP contribution in [0.25, 0.3) is 0 Å². The Morgan fingerprint density at radius 2 is 2.14 bits per heavy atom. The summed E-state index contributed by atoms with van der Waals surface area (Å²) < 4.78 is 0.441. The lowest BCUT2D eigenvalue weighted by Gasteiger charge is -1.89. The summed E-state index contributed by atoms with van der Waals surface area (Å²) >= 11 is 6.68. The van der Waals surface area contributed by atoms with E-state index in [1.165, 1.54) is 0 Å². The van der Waals surface area contributed by atoms with Crippen molar-refractivity contribution in [2.24, 2.45) is 0 Å². The summed E-state index contributed by atoms with van der Waals surface area (Å²) in [5.74, 6) is 0. The van der Waals surface area contributed by atoms with E-state index in [9.17, 15) is 0 Å². The van der Waals surface area contributed by atoms with Crippen molar-refractivity contribution < 1.29 is 0 Å². The van der Waals surface area contributed by atoms with Crippen molar-refractivity contribution in [3.8, 4) is 0 Å². The van der Waals surface area contributed by atoms with Gasteiger partial charge in [0.25, 0.3) is 0 Å². The van der Waals surface area contributed by atoms with Crippen LogP contribution in [0.1, 0.15) is 13.3 Å². The molecule has 0 fully saturated rings. The summed E-state index contributed by atoms with van der Waals surface area (Å²) in [5, 5.41) is 0. The average molecular weight is 228 g/mol. The molecule has 0 aromatic heterocycles. The van der Waals surface area contributed by atoms with Crippen molar-refractivity contribution in [3.63, 3.8) is 0 Å². The van der Waals surface area contributed by atoms with Gasteiger partial charge in [-0.1, -0.05) is 44.0 Å². The number of hydrogen-bond acceptors (Lipinski definition) is 0. The molecule has 0 spiro atoms. The van der Waals surface area contributed by atoms with E-state index in [-0.39, 0.29) is 0 Å². The van der Waals surface area contributed by atoms with E-state index in [1.807, 2.05) is 13.0 Å². The molecule has 0 unspecified atom stereocenters. The van der Waals surface area contributed by atoms with Gasteiger partial charge in [0, 0.05) is 0 Å². The van der Waals surface area contributed by atoms with Crippen LogP contribution in [0.3, 0.4) is 0 Å². The van der Waals surface area contributed by atoms with Gasteiger partial charge in [0.1, 0.15) is 0 Å². The molecule has 2 heteroatoms. The summed E-state index contributed by atoms with van der Waals surface area (Å²) in [5.41, 5.74) is 0. The van der Waals surface area contributed by atoms with Crippen molar-refractivity contribution in [2.75, 3.05) is 0 Å². The topological polar surface area (TPSA) is 0 Å². The van der Waals surface area contributed by atoms with Crippen LogP contribution in [0.5, 0.6) is 0 Å². The van der Waals surface area contributed by atoms with E-state index in [4.69, 9.17) is 0 Å². The van der Waals surface area contributed by atoms with Crippen molar-refractivity contribution in [2.45, 2.75) is 17.1 Å². The van der Waals surface area contributed by atoms with E-state index < -0.39 is 0 Å². The van der Waals surface area contributed by atoms with Crippen molar-refractivity contribution in [3.05, 3.63) is 12.2 Å². The second kappa shape index (κ2) is 4.85. The monoisotopic (exact) mass is 226 g/mol. The Morgan fingerprint density at radius 1 is 1.57 bits per heavy atom. The zero-order valence-electron chi connectivity index (χ0n) is 4.20. The number of alkyl halides is 2. The summed E-state index contributed by atoms with van der Waals surface area (Å²) in [4.78, 5) is 0. The van der Waals surface area contributed by atoms with Crippen LogP contribution in [0.2, 0.25) is 0 Å². The lowest BCUT2D eigenvalue weighted by Crippen LogP contribution is -1.76. The van der Waals surface area contributed by atoms with E-state index in [1.54, 1.807) is 0 Å². The highest BCUT2D eigenvalue weighted by molar-refractivity contribution is 9.24. The maximum atomic E-state index is 3.34. The van der Waals surface area contributed by atoms with Crippen LogP contribution >= 0.6 is 31.9 Å². The van der Waals surface area contributed by atoms with E-state index in [0.29, 0.717) is 3.74 Å². The third-order valence-corrected chi connectivity index (χ3v) is 1.30. The SMILES string of the molecule is CC=CCC(Br)Br. The number of hydrogen-bond donors (Lipinski definition) is 0. The number of allylic oxidation sites excluding steroid dienone is 2. The maximum Gasteiger partial charge on any atom is 0.0732 e. The molecule has 0 heterocycles. The van der Waals surface area contributed by atoms with E-state index in [2.05, 4.69) is 37.9 Å². The Kier molecular flexibility index (Phi) is 5.33. The fraction of sp³-hybridized carbons (Fsp3) is 0.600. The van der Waals surface area contributed by atoms with E-state index in [0.717, 1.165) is 6.42 Å². The highest BCUT2D eigenvalue weighted by atomic mass is 79.9. The summed E-state index contributed by atoms with van der Waals surface area (Å²) in [7, 11) is 0. The van der Waals surface area contributed by atoms with Crippen molar-refractivity contribution >= 4 is 31.9 Å². The first-order valence-corrected chi connectivity index (χ1v) is 3.99. The van der Waals surface area contributed by atoms with Crippen molar-refractivity contribution in [1.29, 1.82) is 0 Å². The predicted molar refractivity (Wildman–Crippen MR) is 41.1 cm³/mol. The van der Waals surface area contributed by atoms with Gasteiger partial charge < -0.3 is 0 Å². The molecule has 7 heavy (non-hydrogen) atoms. The van der Waals surface area contributed by atoms with Gasteiger partial charge in [-0.05, 0) is 13.3 Å². The van der Waals surface area contributed by atoms with Gasteiger partial charge in [0.15, 0.2) is 0 Å². The molecular formula is C5H8Br2. The van der Waals surface area contributed by atoms with Gasteiger partial charge in [-0.2, -0.15) is 0 Å². The molecule has 0 aromatic carbocycles. The summed E-state index contributed by atoms with van der Waals surface area (Å²) in [6.45, 7) is 2.02. The lowest BCUT2D eigenvalue weighted by molar-refractivity contribution is 1.21. The first kappa shape index (κ1) is 7.70. The summed E-state index contributed by atoms with van der Waals surface area (Å²) in [6.07, 6.45) is 5.19. The Hall–Kier alpha value is 0.700. The van der Waals surface area contributed by atoms with Gasteiger partial charge in [0.05, 0.1) is 3.74 Å². The fourth-order valence-electron chi connectivity index (χ4n) is 0.239. The first-order valence-electron chi connectivity index (χ1n) is 2.16. The molecule has 0 aliphatic rings. The molecule has 0 nitrogen and oxygen atoms in total. The summed E-state index contributed by atoms with van der Waals surface area (Å²) in [6, 6.07) is 0. The molecule has 0 amide bonds. The normalized spacial score (nSPS) is 11.4. The Morgan fingerprint density at radius 3 is 2.29 bits per heavy atom. The van der Waals surface area contributed by atoms with Gasteiger partial charge in [-0.3, -0.25) is 0 Å². The third kappa shape index (κ3) is 6.70. The molecular weight excluding hydrogens is 220 g/mol. The lowest BCUT2D eigenvalue weighted by atomic mass is 10.4. The standard InChI is InChI=1S/C5H8Br2/c1-2-3-4-5(6)7/h2-3,5H,4H2,1H3. The smallest absolute Gasteiger partial charge is 0.0732 e. The second-order valence-electron chi connectivity index (χ2n) is 1.20. The van der Waals surface area contributed by atoms with Crippen LogP contribution in [0.4, 0.5) is 0 Å². The molecule has 0 aromatic rings. The van der Waals surface area contributed by atoms with Crippen LogP contribution in [0.15, 0.2) is 12.2 Å². The molecule has 0 rings (SSSR count). The van der Waals surface area contributed by atoms with Gasteiger partial charge in [0.2, 0.25) is 0 Å². The quantitative estimate of drug-likeness (QED) is 0.503. The third-order valence-electron chi connectivity index (χ3n) is 0.550. The Balaban J connectivity index is 2.97. The molecule has 0 saturated heterocycles. The molecule has 0 saturated carbocycles. The minimum atomic E-state index is 0.441. The average Bonchev–Trinajstić information content (AvgIpc) is 1.61. The first-order chi connectivity index (χ1) is 3.27. The second-order valence-corrected chi connectivity index (χ2v) is 4.64. The molecule has 0 N–H and O–H groups in total. The molecule has 0 radical (unpaired) electrons. The Labute approximate surface area is 61.2 Å². The minimum absolute atomic E-state index is 0.441. The zero-order valence-corrected chi connectivity index (χ0v) is 7.37. The molecule has 0 atom stereocenters. The minimum Gasteiger partial charge on any atom is -0.0916 e.